The van der Waals surface area contributed by atoms with Crippen molar-refractivity contribution in [2.75, 3.05) is 11.1 Å². The maximum absolute atomic E-state index is 12.1. The second-order valence-electron chi connectivity index (χ2n) is 4.64. The monoisotopic (exact) mass is 340 g/mol. The fraction of sp³-hybridized carbons (Fsp3) is 0.0714. The van der Waals surface area contributed by atoms with Crippen LogP contribution in [-0.2, 0) is 10.1 Å². The van der Waals surface area contributed by atoms with Gasteiger partial charge in [0.25, 0.3) is 16.0 Å². The van der Waals surface area contributed by atoms with Gasteiger partial charge in [-0.15, -0.1) is 0 Å². The molecule has 2 rings (SSSR count). The quantitative estimate of drug-likeness (QED) is 0.588. The fourth-order valence-corrected chi connectivity index (χ4v) is 2.53. The number of benzene rings is 2. The van der Waals surface area contributed by atoms with Crippen molar-refractivity contribution >= 4 is 39.0 Å². The summed E-state index contributed by atoms with van der Waals surface area (Å²) in [6.07, 6.45) is 0. The van der Waals surface area contributed by atoms with E-state index >= 15 is 0 Å². The number of hydrogen-bond acceptors (Lipinski definition) is 4. The van der Waals surface area contributed by atoms with E-state index in [0.717, 1.165) is 17.7 Å². The van der Waals surface area contributed by atoms with Crippen molar-refractivity contribution in [3.05, 3.63) is 52.5 Å². The molecule has 0 heterocycles. The highest BCUT2D eigenvalue weighted by Gasteiger charge is 2.14. The number of nitrogen functional groups attached to an aromatic ring is 1. The van der Waals surface area contributed by atoms with Crippen molar-refractivity contribution in [3.8, 4) is 0 Å². The van der Waals surface area contributed by atoms with Crippen LogP contribution in [-0.4, -0.2) is 18.9 Å². The summed E-state index contributed by atoms with van der Waals surface area (Å²) in [6, 6.07) is 8.34. The number of aryl methyl sites for hydroxylation is 1. The summed E-state index contributed by atoms with van der Waals surface area (Å²) in [7, 11) is -4.35. The van der Waals surface area contributed by atoms with Gasteiger partial charge in [-0.05, 0) is 42.8 Å². The fourth-order valence-electron chi connectivity index (χ4n) is 1.73. The van der Waals surface area contributed by atoms with Gasteiger partial charge < -0.3 is 11.1 Å². The number of nitrogens with one attached hydrogen (secondary N) is 1. The van der Waals surface area contributed by atoms with Crippen LogP contribution < -0.4 is 11.1 Å². The lowest BCUT2D eigenvalue weighted by molar-refractivity contribution is 0.102. The van der Waals surface area contributed by atoms with E-state index < -0.39 is 16.0 Å². The Kier molecular flexibility index (Phi) is 4.41. The Morgan fingerprint density at radius 1 is 1.23 bits per heavy atom. The van der Waals surface area contributed by atoms with E-state index in [1.165, 1.54) is 12.1 Å². The topological polar surface area (TPSA) is 109 Å². The first kappa shape index (κ1) is 16.3. The Hall–Kier alpha value is -2.09. The maximum atomic E-state index is 12.1. The van der Waals surface area contributed by atoms with Crippen molar-refractivity contribution in [1.82, 2.24) is 0 Å². The number of nitrogens with two attached hydrogens (primary N) is 1. The second-order valence-corrected chi connectivity index (χ2v) is 6.47. The number of anilines is 2. The standard InChI is InChI=1S/C14H13ClN2O4S/c1-8-2-3-9(6-12(8)16)14(18)17-13-5-4-10(7-11(13)15)22(19,20)21/h2-7H,16H2,1H3,(H,17,18)(H,19,20,21). The van der Waals surface area contributed by atoms with Gasteiger partial charge >= 0.3 is 0 Å². The molecule has 0 unspecified atom stereocenters. The summed E-state index contributed by atoms with van der Waals surface area (Å²) >= 11 is 5.91. The van der Waals surface area contributed by atoms with Gasteiger partial charge in [-0.3, -0.25) is 9.35 Å². The first-order valence-corrected chi connectivity index (χ1v) is 7.95. The molecule has 0 aromatic heterocycles. The minimum Gasteiger partial charge on any atom is -0.398 e. The van der Waals surface area contributed by atoms with Crippen LogP contribution in [0.2, 0.25) is 5.02 Å². The van der Waals surface area contributed by atoms with E-state index in [1.54, 1.807) is 12.1 Å². The Bertz CT molecular complexity index is 850. The van der Waals surface area contributed by atoms with Gasteiger partial charge in [-0.1, -0.05) is 17.7 Å². The molecular formula is C14H13ClN2O4S. The van der Waals surface area contributed by atoms with Crippen molar-refractivity contribution < 1.29 is 17.8 Å². The summed E-state index contributed by atoms with van der Waals surface area (Å²) in [4.78, 5) is 11.8. The van der Waals surface area contributed by atoms with Gasteiger partial charge in [0, 0.05) is 11.3 Å². The smallest absolute Gasteiger partial charge is 0.294 e. The molecule has 0 fully saturated rings. The van der Waals surface area contributed by atoms with Crippen LogP contribution in [0.1, 0.15) is 15.9 Å². The zero-order valence-electron chi connectivity index (χ0n) is 11.5. The lowest BCUT2D eigenvalue weighted by Gasteiger charge is -2.09. The summed E-state index contributed by atoms with van der Waals surface area (Å²) in [5.41, 5.74) is 7.66. The summed E-state index contributed by atoms with van der Waals surface area (Å²) in [5, 5.41) is 2.54. The molecular weight excluding hydrogens is 328 g/mol. The molecule has 0 aliphatic carbocycles. The third-order valence-corrected chi connectivity index (χ3v) is 4.19. The molecule has 0 radical (unpaired) electrons. The molecule has 0 saturated heterocycles. The zero-order valence-corrected chi connectivity index (χ0v) is 13.1. The van der Waals surface area contributed by atoms with Crippen LogP contribution in [0.15, 0.2) is 41.3 Å². The first-order chi connectivity index (χ1) is 10.2. The molecule has 6 nitrogen and oxygen atoms in total. The molecule has 2 aromatic rings. The zero-order chi connectivity index (χ0) is 16.5. The molecule has 0 bridgehead atoms. The number of amides is 1. The van der Waals surface area contributed by atoms with Gasteiger partial charge in [-0.2, -0.15) is 8.42 Å². The highest BCUT2D eigenvalue weighted by atomic mass is 35.5. The van der Waals surface area contributed by atoms with Crippen LogP contribution in [0, 0.1) is 6.92 Å². The molecule has 0 spiro atoms. The van der Waals surface area contributed by atoms with Gasteiger partial charge in [-0.25, -0.2) is 0 Å². The average Bonchev–Trinajstić information content (AvgIpc) is 2.42. The lowest BCUT2D eigenvalue weighted by Crippen LogP contribution is -2.13. The average molecular weight is 341 g/mol. The van der Waals surface area contributed by atoms with E-state index in [4.69, 9.17) is 21.9 Å². The molecule has 2 aromatic carbocycles. The van der Waals surface area contributed by atoms with Gasteiger partial charge in [0.1, 0.15) is 0 Å². The normalized spacial score (nSPS) is 11.2. The summed E-state index contributed by atoms with van der Waals surface area (Å²) < 4.78 is 30.9. The first-order valence-electron chi connectivity index (χ1n) is 6.13. The molecule has 0 saturated carbocycles. The molecule has 0 aliphatic heterocycles. The molecule has 8 heteroatoms. The predicted molar refractivity (Wildman–Crippen MR) is 84.8 cm³/mol. The van der Waals surface area contributed by atoms with Crippen molar-refractivity contribution in [2.24, 2.45) is 0 Å². The molecule has 1 amide bonds. The molecule has 116 valence electrons. The van der Waals surface area contributed by atoms with Crippen molar-refractivity contribution in [1.29, 1.82) is 0 Å². The SMILES string of the molecule is Cc1ccc(C(=O)Nc2ccc(S(=O)(=O)O)cc2Cl)cc1N. The maximum Gasteiger partial charge on any atom is 0.294 e. The van der Waals surface area contributed by atoms with E-state index in [0.29, 0.717) is 11.3 Å². The summed E-state index contributed by atoms with van der Waals surface area (Å²) in [5.74, 6) is -0.437. The van der Waals surface area contributed by atoms with Crippen LogP contribution in [0.5, 0.6) is 0 Å². The molecule has 0 aliphatic rings. The Balaban J connectivity index is 2.27. The van der Waals surface area contributed by atoms with E-state index in [9.17, 15) is 13.2 Å². The molecule has 22 heavy (non-hydrogen) atoms. The van der Waals surface area contributed by atoms with Crippen LogP contribution in [0.25, 0.3) is 0 Å². The molecule has 4 N–H and O–H groups in total. The van der Waals surface area contributed by atoms with E-state index in [2.05, 4.69) is 5.32 Å². The number of halogens is 1. The minimum atomic E-state index is -4.35. The highest BCUT2D eigenvalue weighted by molar-refractivity contribution is 7.85. The second kappa shape index (κ2) is 5.96. The predicted octanol–water partition coefficient (Wildman–Crippen LogP) is 2.73. The lowest BCUT2D eigenvalue weighted by atomic mass is 10.1. The number of rotatable bonds is 3. The van der Waals surface area contributed by atoms with Crippen LogP contribution in [0.4, 0.5) is 11.4 Å². The Morgan fingerprint density at radius 3 is 2.45 bits per heavy atom. The van der Waals surface area contributed by atoms with Crippen LogP contribution >= 0.6 is 11.6 Å². The molecule has 0 atom stereocenters. The number of hydrogen-bond donors (Lipinski definition) is 3. The van der Waals surface area contributed by atoms with Gasteiger partial charge in [0.15, 0.2) is 0 Å². The summed E-state index contributed by atoms with van der Waals surface area (Å²) in [6.45, 7) is 1.82. The van der Waals surface area contributed by atoms with Crippen LogP contribution in [0.3, 0.4) is 0 Å². The highest BCUT2D eigenvalue weighted by Crippen LogP contribution is 2.26. The largest absolute Gasteiger partial charge is 0.398 e. The van der Waals surface area contributed by atoms with E-state index in [-0.39, 0.29) is 15.6 Å². The van der Waals surface area contributed by atoms with Crippen molar-refractivity contribution in [3.63, 3.8) is 0 Å². The minimum absolute atomic E-state index is 0.0106. The number of carbonyl (C=O) groups excluding carboxylic acids is 1. The third kappa shape index (κ3) is 3.56. The Labute approximate surface area is 132 Å². The van der Waals surface area contributed by atoms with Crippen molar-refractivity contribution in [2.45, 2.75) is 11.8 Å². The van der Waals surface area contributed by atoms with E-state index in [1.807, 2.05) is 6.92 Å². The van der Waals surface area contributed by atoms with Gasteiger partial charge in [0.2, 0.25) is 0 Å². The third-order valence-electron chi connectivity index (χ3n) is 3.03. The number of carbonyl (C=O) groups is 1. The Morgan fingerprint density at radius 2 is 1.91 bits per heavy atom. The van der Waals surface area contributed by atoms with Gasteiger partial charge in [0.05, 0.1) is 15.6 Å².